The van der Waals surface area contributed by atoms with Gasteiger partial charge in [0.1, 0.15) is 0 Å². The van der Waals surface area contributed by atoms with E-state index in [1.54, 1.807) is 0 Å². The van der Waals surface area contributed by atoms with Gasteiger partial charge in [0, 0.05) is 6.54 Å². The molecule has 0 amide bonds. The van der Waals surface area contributed by atoms with E-state index < -0.39 is 0 Å². The largest absolute Gasteiger partial charge is 0.298 e. The van der Waals surface area contributed by atoms with Crippen molar-refractivity contribution in [2.24, 2.45) is 16.8 Å². The van der Waals surface area contributed by atoms with Gasteiger partial charge in [0.15, 0.2) is 0 Å². The van der Waals surface area contributed by atoms with Gasteiger partial charge in [-0.1, -0.05) is 34.1 Å². The number of hydrogen-bond donors (Lipinski definition) is 0. The standard InChI is InChI=1S/C12H25N/c1-5-6-9-13-10-7-8-12(4)11(2)3/h9,11-12H,5-8,10H2,1-4H3/b13-9+. The molecule has 0 saturated carbocycles. The van der Waals surface area contributed by atoms with Crippen LogP contribution >= 0.6 is 0 Å². The monoisotopic (exact) mass is 183 g/mol. The lowest BCUT2D eigenvalue weighted by molar-refractivity contribution is 0.385. The first-order valence-corrected chi connectivity index (χ1v) is 5.66. The molecule has 0 spiro atoms. The highest BCUT2D eigenvalue weighted by atomic mass is 14.7. The number of nitrogens with zero attached hydrogens (tertiary/aromatic N) is 1. The molecule has 0 fully saturated rings. The van der Waals surface area contributed by atoms with Crippen LogP contribution in [0, 0.1) is 11.8 Å². The van der Waals surface area contributed by atoms with Crippen LogP contribution in [0.4, 0.5) is 0 Å². The fourth-order valence-electron chi connectivity index (χ4n) is 1.15. The summed E-state index contributed by atoms with van der Waals surface area (Å²) >= 11 is 0. The zero-order chi connectivity index (χ0) is 10.1. The van der Waals surface area contributed by atoms with Crippen LogP contribution in [0.1, 0.15) is 53.4 Å². The van der Waals surface area contributed by atoms with E-state index in [4.69, 9.17) is 0 Å². The van der Waals surface area contributed by atoms with E-state index in [1.807, 2.05) is 0 Å². The lowest BCUT2D eigenvalue weighted by Gasteiger charge is -2.13. The summed E-state index contributed by atoms with van der Waals surface area (Å²) in [6.45, 7) is 10.1. The molecule has 0 aromatic heterocycles. The van der Waals surface area contributed by atoms with Gasteiger partial charge in [-0.15, -0.1) is 0 Å². The first-order chi connectivity index (χ1) is 6.18. The number of unbranched alkanes of at least 4 members (excludes halogenated alkanes) is 1. The molecule has 0 bridgehead atoms. The van der Waals surface area contributed by atoms with Crippen molar-refractivity contribution in [2.45, 2.75) is 53.4 Å². The maximum atomic E-state index is 4.37. The zero-order valence-corrected chi connectivity index (χ0v) is 9.71. The van der Waals surface area contributed by atoms with Gasteiger partial charge in [-0.25, -0.2) is 0 Å². The topological polar surface area (TPSA) is 12.4 Å². The minimum Gasteiger partial charge on any atom is -0.298 e. The van der Waals surface area contributed by atoms with Crippen LogP contribution in [0.2, 0.25) is 0 Å². The van der Waals surface area contributed by atoms with Crippen molar-refractivity contribution >= 4 is 6.21 Å². The van der Waals surface area contributed by atoms with E-state index in [-0.39, 0.29) is 0 Å². The molecular formula is C12H25N. The second-order valence-electron chi connectivity index (χ2n) is 4.24. The molecule has 0 aliphatic carbocycles. The second-order valence-corrected chi connectivity index (χ2v) is 4.24. The fourth-order valence-corrected chi connectivity index (χ4v) is 1.15. The van der Waals surface area contributed by atoms with E-state index in [2.05, 4.69) is 38.9 Å². The average Bonchev–Trinajstić information content (AvgIpc) is 2.10. The maximum Gasteiger partial charge on any atom is 0.0385 e. The van der Waals surface area contributed by atoms with E-state index in [9.17, 15) is 0 Å². The molecule has 1 heteroatoms. The third kappa shape index (κ3) is 8.01. The van der Waals surface area contributed by atoms with Crippen LogP contribution in [-0.2, 0) is 0 Å². The predicted octanol–water partition coefficient (Wildman–Crippen LogP) is 3.93. The molecular weight excluding hydrogens is 158 g/mol. The summed E-state index contributed by atoms with van der Waals surface area (Å²) in [6.07, 6.45) is 6.99. The van der Waals surface area contributed by atoms with Crippen molar-refractivity contribution in [1.82, 2.24) is 0 Å². The Labute approximate surface area is 83.6 Å². The Balaban J connectivity index is 3.25. The van der Waals surface area contributed by atoms with Gasteiger partial charge in [-0.3, -0.25) is 4.99 Å². The van der Waals surface area contributed by atoms with Gasteiger partial charge in [-0.05, 0) is 37.3 Å². The average molecular weight is 183 g/mol. The van der Waals surface area contributed by atoms with E-state index in [0.717, 1.165) is 24.8 Å². The van der Waals surface area contributed by atoms with Crippen LogP contribution in [0.3, 0.4) is 0 Å². The number of hydrogen-bond acceptors (Lipinski definition) is 1. The Morgan fingerprint density at radius 1 is 1.23 bits per heavy atom. The molecule has 78 valence electrons. The van der Waals surface area contributed by atoms with Crippen molar-refractivity contribution < 1.29 is 0 Å². The third-order valence-electron chi connectivity index (χ3n) is 2.63. The van der Waals surface area contributed by atoms with Gasteiger partial charge in [0.05, 0.1) is 0 Å². The summed E-state index contributed by atoms with van der Waals surface area (Å²) < 4.78 is 0. The van der Waals surface area contributed by atoms with Gasteiger partial charge in [0.25, 0.3) is 0 Å². The summed E-state index contributed by atoms with van der Waals surface area (Å²) in [5.74, 6) is 1.67. The van der Waals surface area contributed by atoms with Crippen molar-refractivity contribution in [2.75, 3.05) is 6.54 Å². The van der Waals surface area contributed by atoms with Crippen molar-refractivity contribution in [3.8, 4) is 0 Å². The quantitative estimate of drug-likeness (QED) is 0.419. The van der Waals surface area contributed by atoms with Crippen LogP contribution < -0.4 is 0 Å². The van der Waals surface area contributed by atoms with Gasteiger partial charge in [0.2, 0.25) is 0 Å². The molecule has 1 atom stereocenters. The molecule has 0 saturated heterocycles. The van der Waals surface area contributed by atoms with E-state index in [1.165, 1.54) is 19.3 Å². The number of aliphatic imine (C=N–C) groups is 1. The lowest BCUT2D eigenvalue weighted by Crippen LogP contribution is -2.04. The predicted molar refractivity (Wildman–Crippen MR) is 61.5 cm³/mol. The minimum absolute atomic E-state index is 0.819. The molecule has 0 N–H and O–H groups in total. The molecule has 0 heterocycles. The summed E-state index contributed by atoms with van der Waals surface area (Å²) in [5, 5.41) is 0. The normalized spacial score (nSPS) is 14.2. The SMILES string of the molecule is CCC/C=N/CCCC(C)C(C)C. The van der Waals surface area contributed by atoms with Crippen LogP contribution in [0.25, 0.3) is 0 Å². The van der Waals surface area contributed by atoms with E-state index >= 15 is 0 Å². The maximum absolute atomic E-state index is 4.37. The Morgan fingerprint density at radius 3 is 2.46 bits per heavy atom. The molecule has 0 rings (SSSR count). The molecule has 13 heavy (non-hydrogen) atoms. The molecule has 0 aromatic rings. The molecule has 1 nitrogen and oxygen atoms in total. The molecule has 0 aliphatic rings. The fraction of sp³-hybridized carbons (Fsp3) is 0.917. The van der Waals surface area contributed by atoms with Crippen molar-refractivity contribution in [1.29, 1.82) is 0 Å². The molecule has 0 radical (unpaired) electrons. The summed E-state index contributed by atoms with van der Waals surface area (Å²) in [6, 6.07) is 0. The first kappa shape index (κ1) is 12.7. The van der Waals surface area contributed by atoms with Crippen LogP contribution in [0.5, 0.6) is 0 Å². The highest BCUT2D eigenvalue weighted by Crippen LogP contribution is 2.15. The number of rotatable bonds is 7. The van der Waals surface area contributed by atoms with E-state index in [0.29, 0.717) is 0 Å². The van der Waals surface area contributed by atoms with Crippen molar-refractivity contribution in [3.63, 3.8) is 0 Å². The highest BCUT2D eigenvalue weighted by molar-refractivity contribution is 5.56. The van der Waals surface area contributed by atoms with Gasteiger partial charge < -0.3 is 0 Å². The lowest BCUT2D eigenvalue weighted by atomic mass is 9.93. The van der Waals surface area contributed by atoms with Gasteiger partial charge in [-0.2, -0.15) is 0 Å². The summed E-state index contributed by atoms with van der Waals surface area (Å²) in [4.78, 5) is 4.37. The van der Waals surface area contributed by atoms with Crippen LogP contribution in [0.15, 0.2) is 4.99 Å². The van der Waals surface area contributed by atoms with Crippen LogP contribution in [-0.4, -0.2) is 12.8 Å². The summed E-state index contributed by atoms with van der Waals surface area (Å²) in [7, 11) is 0. The molecule has 1 unspecified atom stereocenters. The minimum atomic E-state index is 0.819. The molecule has 0 aliphatic heterocycles. The Hall–Kier alpha value is -0.330. The Kier molecular flexibility index (Phi) is 8.07. The smallest absolute Gasteiger partial charge is 0.0385 e. The second kappa shape index (κ2) is 8.28. The highest BCUT2D eigenvalue weighted by Gasteiger charge is 2.05. The first-order valence-electron chi connectivity index (χ1n) is 5.66. The molecule has 0 aromatic carbocycles. The Bertz CT molecular complexity index is 127. The summed E-state index contributed by atoms with van der Waals surface area (Å²) in [5.41, 5.74) is 0. The van der Waals surface area contributed by atoms with Gasteiger partial charge >= 0.3 is 0 Å². The van der Waals surface area contributed by atoms with Crippen molar-refractivity contribution in [3.05, 3.63) is 0 Å². The third-order valence-corrected chi connectivity index (χ3v) is 2.63. The Morgan fingerprint density at radius 2 is 1.92 bits per heavy atom. The zero-order valence-electron chi connectivity index (χ0n) is 9.71.